The van der Waals surface area contributed by atoms with E-state index >= 15 is 0 Å². The largest absolute Gasteiger partial charge is 0.496 e. The van der Waals surface area contributed by atoms with E-state index in [0.29, 0.717) is 6.42 Å². The number of fused-ring (bicyclic) bond motifs is 5. The smallest absolute Gasteiger partial charge is 0.407 e. The lowest BCUT2D eigenvalue weighted by molar-refractivity contribution is -0.150. The van der Waals surface area contributed by atoms with E-state index in [4.69, 9.17) is 14.2 Å². The molecule has 5 bridgehead atoms. The Kier molecular flexibility index (Phi) is 7.88. The fraction of sp³-hybridized carbons (Fsp3) is 0.552. The first-order chi connectivity index (χ1) is 18.0. The van der Waals surface area contributed by atoms with Crippen molar-refractivity contribution < 1.29 is 33.7 Å². The third-order valence-electron chi connectivity index (χ3n) is 7.75. The molecule has 206 valence electrons. The number of amides is 2. The summed E-state index contributed by atoms with van der Waals surface area (Å²) in [6, 6.07) is 7.95. The topological polar surface area (TPSA) is 114 Å². The van der Waals surface area contributed by atoms with Crippen molar-refractivity contribution in [3.8, 4) is 5.75 Å². The Morgan fingerprint density at radius 3 is 2.53 bits per heavy atom. The molecule has 2 aliphatic heterocycles. The van der Waals surface area contributed by atoms with Crippen molar-refractivity contribution in [2.24, 2.45) is 5.41 Å². The average molecular weight is 527 g/mol. The number of nitrogens with one attached hydrogen (secondary N) is 1. The molecule has 2 aliphatic rings. The highest BCUT2D eigenvalue weighted by molar-refractivity contribution is 5.91. The lowest BCUT2D eigenvalue weighted by Crippen LogP contribution is -2.57. The van der Waals surface area contributed by atoms with Gasteiger partial charge in [0.15, 0.2) is 0 Å². The van der Waals surface area contributed by atoms with Gasteiger partial charge in [-0.15, -0.1) is 0 Å². The Balaban J connectivity index is 1.83. The first kappa shape index (κ1) is 27.7. The van der Waals surface area contributed by atoms with Crippen LogP contribution in [0.15, 0.2) is 30.3 Å². The molecule has 2 amide bonds. The van der Waals surface area contributed by atoms with Crippen LogP contribution in [-0.2, 0) is 31.1 Å². The molecule has 0 spiro atoms. The second-order valence-corrected chi connectivity index (χ2v) is 11.3. The molecular weight excluding hydrogens is 488 g/mol. The van der Waals surface area contributed by atoms with Crippen LogP contribution < -0.4 is 10.1 Å². The number of aliphatic carboxylic acids is 1. The summed E-state index contributed by atoms with van der Waals surface area (Å²) in [6.07, 6.45) is 2.64. The number of nitrogens with zero attached hydrogens (tertiary/aromatic N) is 1. The number of hydrogen-bond acceptors (Lipinski definition) is 6. The minimum absolute atomic E-state index is 0.0388. The Morgan fingerprint density at radius 2 is 1.87 bits per heavy atom. The monoisotopic (exact) mass is 526 g/mol. The van der Waals surface area contributed by atoms with Crippen molar-refractivity contribution >= 4 is 28.7 Å². The molecule has 3 atom stereocenters. The SMILES string of the molecule is COc1cc2ccc3cc2cc1CCCCCOC(=O)N[C@@H](C(C)(C)C)C(=O)N1C[C@@]3(OC)C[C@H]1C(=O)O. The van der Waals surface area contributed by atoms with Crippen LogP contribution in [-0.4, -0.2) is 67.4 Å². The summed E-state index contributed by atoms with van der Waals surface area (Å²) < 4.78 is 17.0. The van der Waals surface area contributed by atoms with Gasteiger partial charge < -0.3 is 29.5 Å². The van der Waals surface area contributed by atoms with Crippen molar-refractivity contribution in [2.45, 2.75) is 70.6 Å². The zero-order chi connectivity index (χ0) is 27.7. The lowest BCUT2D eigenvalue weighted by Gasteiger charge is -2.35. The molecule has 2 heterocycles. The van der Waals surface area contributed by atoms with E-state index in [-0.39, 0.29) is 19.6 Å². The molecule has 0 unspecified atom stereocenters. The predicted octanol–water partition coefficient (Wildman–Crippen LogP) is 4.24. The van der Waals surface area contributed by atoms with Crippen LogP contribution in [0.5, 0.6) is 5.75 Å². The van der Waals surface area contributed by atoms with Gasteiger partial charge in [-0.1, -0.05) is 32.9 Å². The van der Waals surface area contributed by atoms with E-state index in [2.05, 4.69) is 11.4 Å². The number of carboxylic acids is 1. The number of rotatable bonds is 3. The van der Waals surface area contributed by atoms with E-state index in [1.165, 1.54) is 4.90 Å². The van der Waals surface area contributed by atoms with E-state index in [1.807, 2.05) is 45.0 Å². The summed E-state index contributed by atoms with van der Waals surface area (Å²) in [5.41, 5.74) is 0.159. The van der Waals surface area contributed by atoms with Crippen LogP contribution in [0.25, 0.3) is 10.8 Å². The van der Waals surface area contributed by atoms with Crippen molar-refractivity contribution in [1.29, 1.82) is 0 Å². The van der Waals surface area contributed by atoms with Gasteiger partial charge >= 0.3 is 12.1 Å². The summed E-state index contributed by atoms with van der Waals surface area (Å²) in [4.78, 5) is 40.2. The van der Waals surface area contributed by atoms with Crippen molar-refractivity contribution in [1.82, 2.24) is 10.2 Å². The fourth-order valence-electron chi connectivity index (χ4n) is 5.53. The summed E-state index contributed by atoms with van der Waals surface area (Å²) in [6.45, 7) is 5.74. The molecule has 0 radical (unpaired) electrons. The van der Waals surface area contributed by atoms with Gasteiger partial charge in [0.1, 0.15) is 23.4 Å². The zero-order valence-corrected chi connectivity index (χ0v) is 22.8. The van der Waals surface area contributed by atoms with Gasteiger partial charge in [-0.05, 0) is 71.2 Å². The van der Waals surface area contributed by atoms with Gasteiger partial charge in [-0.25, -0.2) is 9.59 Å². The quantitative estimate of drug-likeness (QED) is 0.615. The number of aryl methyl sites for hydroxylation is 1. The number of methoxy groups -OCH3 is 2. The Labute approximate surface area is 223 Å². The average Bonchev–Trinajstić information content (AvgIpc) is 3.28. The maximum absolute atomic E-state index is 13.9. The summed E-state index contributed by atoms with van der Waals surface area (Å²) in [5.74, 6) is -0.783. The van der Waals surface area contributed by atoms with E-state index in [9.17, 15) is 19.5 Å². The van der Waals surface area contributed by atoms with Crippen LogP contribution in [0.2, 0.25) is 0 Å². The fourth-order valence-corrected chi connectivity index (χ4v) is 5.53. The minimum Gasteiger partial charge on any atom is -0.496 e. The van der Waals surface area contributed by atoms with Crippen LogP contribution in [0.1, 0.15) is 57.6 Å². The van der Waals surface area contributed by atoms with Crippen LogP contribution in [0.3, 0.4) is 0 Å². The Morgan fingerprint density at radius 1 is 1.11 bits per heavy atom. The first-order valence-corrected chi connectivity index (χ1v) is 13.1. The molecule has 0 aromatic heterocycles. The van der Waals surface area contributed by atoms with Crippen molar-refractivity contribution in [3.05, 3.63) is 41.5 Å². The lowest BCUT2D eigenvalue weighted by atomic mass is 9.85. The van der Waals surface area contributed by atoms with Gasteiger partial charge in [-0.3, -0.25) is 4.79 Å². The molecular formula is C29H38N2O7. The molecule has 2 aromatic carbocycles. The highest BCUT2D eigenvalue weighted by atomic mass is 16.5. The second kappa shape index (κ2) is 10.8. The molecule has 2 aromatic rings. The number of benzene rings is 2. The highest BCUT2D eigenvalue weighted by Crippen LogP contribution is 2.42. The van der Waals surface area contributed by atoms with Crippen LogP contribution in [0, 0.1) is 5.41 Å². The zero-order valence-electron chi connectivity index (χ0n) is 22.8. The Bertz CT molecular complexity index is 1220. The molecule has 1 fully saturated rings. The predicted molar refractivity (Wildman–Crippen MR) is 142 cm³/mol. The molecule has 0 saturated carbocycles. The van der Waals surface area contributed by atoms with Gasteiger partial charge in [-0.2, -0.15) is 0 Å². The van der Waals surface area contributed by atoms with E-state index < -0.39 is 41.1 Å². The summed E-state index contributed by atoms with van der Waals surface area (Å²) in [7, 11) is 3.20. The van der Waals surface area contributed by atoms with Gasteiger partial charge in [0.2, 0.25) is 5.91 Å². The summed E-state index contributed by atoms with van der Waals surface area (Å²) in [5, 5.41) is 14.8. The normalized spacial score (nSPS) is 25.1. The first-order valence-electron chi connectivity index (χ1n) is 13.1. The molecule has 1 saturated heterocycles. The van der Waals surface area contributed by atoms with Crippen LogP contribution >= 0.6 is 0 Å². The number of carbonyl (C=O) groups is 3. The summed E-state index contributed by atoms with van der Waals surface area (Å²) >= 11 is 0. The molecule has 38 heavy (non-hydrogen) atoms. The number of ether oxygens (including phenoxy) is 3. The van der Waals surface area contributed by atoms with E-state index in [1.54, 1.807) is 14.2 Å². The molecule has 0 aliphatic carbocycles. The Hall–Kier alpha value is -3.33. The number of carboxylic acid groups (broad SMARTS) is 1. The maximum Gasteiger partial charge on any atom is 0.407 e. The number of carbonyl (C=O) groups excluding carboxylic acids is 2. The number of alkyl carbamates (subject to hydrolysis) is 1. The highest BCUT2D eigenvalue weighted by Gasteiger charge is 2.52. The third kappa shape index (κ3) is 5.43. The molecule has 9 nitrogen and oxygen atoms in total. The van der Waals surface area contributed by atoms with Gasteiger partial charge in [0, 0.05) is 13.5 Å². The van der Waals surface area contributed by atoms with Crippen molar-refractivity contribution in [3.63, 3.8) is 0 Å². The van der Waals surface area contributed by atoms with E-state index in [0.717, 1.165) is 46.9 Å². The molecule has 4 rings (SSSR count). The van der Waals surface area contributed by atoms with Gasteiger partial charge in [0.25, 0.3) is 0 Å². The molecule has 9 heteroatoms. The van der Waals surface area contributed by atoms with Crippen LogP contribution in [0.4, 0.5) is 4.79 Å². The van der Waals surface area contributed by atoms with Crippen molar-refractivity contribution in [2.75, 3.05) is 27.4 Å². The van der Waals surface area contributed by atoms with Gasteiger partial charge in [0.05, 0.1) is 20.3 Å². The molecule has 2 N–H and O–H groups in total. The standard InChI is InChI=1S/C29H38N2O7/c1-28(2,3)24-25(32)31-17-29(37-5,16-22(31)26(33)34)21-11-10-18-15-23(36-4)19(13-20(18)14-21)9-7-6-8-12-38-27(35)30-24/h10-11,13-15,22,24H,6-9,12,16-17H2,1-5H3,(H,30,35)(H,33,34)/t22-,24+,29-/m0/s1. The minimum atomic E-state index is -1.12. The third-order valence-corrected chi connectivity index (χ3v) is 7.75. The second-order valence-electron chi connectivity index (χ2n) is 11.3. The number of hydrogen-bond donors (Lipinski definition) is 2. The number of cyclic esters (lactones) is 1. The maximum atomic E-state index is 13.9.